The molecule has 0 spiro atoms. The second-order valence-electron chi connectivity index (χ2n) is 4.88. The van der Waals surface area contributed by atoms with Gasteiger partial charge in [-0.2, -0.15) is 11.8 Å². The molecule has 0 aromatic rings. The molecule has 0 bridgehead atoms. The Morgan fingerprint density at radius 1 is 1.65 bits per heavy atom. The van der Waals surface area contributed by atoms with E-state index >= 15 is 0 Å². The molecule has 0 aliphatic carbocycles. The third-order valence-electron chi connectivity index (χ3n) is 3.16. The molecule has 17 heavy (non-hydrogen) atoms. The molecule has 0 radical (unpaired) electrons. The number of hydrogen-bond donors (Lipinski definition) is 1. The molecule has 2 amide bonds. The lowest BCUT2D eigenvalue weighted by Gasteiger charge is -2.40. The predicted molar refractivity (Wildman–Crippen MR) is 72.6 cm³/mol. The SMILES string of the molecule is CC[C@@]1(C)CN(C(=O)N[C@@H](C)CSC)CCO1. The number of carbonyl (C=O) groups is 1. The minimum absolute atomic E-state index is 0.0366. The molecule has 1 rings (SSSR count). The van der Waals surface area contributed by atoms with Gasteiger partial charge in [0.05, 0.1) is 18.8 Å². The standard InChI is InChI=1S/C12H24N2O2S/c1-5-12(3)9-14(6-7-16-12)11(15)13-10(2)8-17-4/h10H,5-9H2,1-4H3,(H,13,15)/t10-,12-/m0/s1. The first-order valence-corrected chi connectivity index (χ1v) is 7.58. The maximum Gasteiger partial charge on any atom is 0.317 e. The first kappa shape index (κ1) is 14.6. The molecule has 5 heteroatoms. The molecule has 0 saturated carbocycles. The van der Waals surface area contributed by atoms with Crippen LogP contribution in [0.25, 0.3) is 0 Å². The molecule has 1 saturated heterocycles. The Morgan fingerprint density at radius 2 is 2.35 bits per heavy atom. The monoisotopic (exact) mass is 260 g/mol. The number of rotatable bonds is 4. The van der Waals surface area contributed by atoms with Crippen molar-refractivity contribution in [2.75, 3.05) is 31.7 Å². The molecule has 1 N–H and O–H groups in total. The number of carbonyl (C=O) groups excluding carboxylic acids is 1. The van der Waals surface area contributed by atoms with Crippen LogP contribution >= 0.6 is 11.8 Å². The number of urea groups is 1. The van der Waals surface area contributed by atoms with Crippen molar-refractivity contribution in [2.24, 2.45) is 0 Å². The molecule has 1 fully saturated rings. The van der Waals surface area contributed by atoms with E-state index in [-0.39, 0.29) is 17.7 Å². The zero-order chi connectivity index (χ0) is 12.9. The van der Waals surface area contributed by atoms with Crippen LogP contribution in [0.3, 0.4) is 0 Å². The number of hydrogen-bond acceptors (Lipinski definition) is 3. The summed E-state index contributed by atoms with van der Waals surface area (Å²) in [5.74, 6) is 0.946. The van der Waals surface area contributed by atoms with Crippen LogP contribution in [0.1, 0.15) is 27.2 Å². The van der Waals surface area contributed by atoms with Gasteiger partial charge < -0.3 is 15.0 Å². The predicted octanol–water partition coefficient (Wildman–Crippen LogP) is 1.95. The molecule has 0 aromatic carbocycles. The number of thioether (sulfide) groups is 1. The van der Waals surface area contributed by atoms with E-state index in [9.17, 15) is 4.79 Å². The molecule has 1 aliphatic rings. The largest absolute Gasteiger partial charge is 0.372 e. The van der Waals surface area contributed by atoms with Gasteiger partial charge in [-0.3, -0.25) is 0 Å². The first-order valence-electron chi connectivity index (χ1n) is 6.19. The van der Waals surface area contributed by atoms with Gasteiger partial charge >= 0.3 is 6.03 Å². The van der Waals surface area contributed by atoms with Gasteiger partial charge in [-0.15, -0.1) is 0 Å². The van der Waals surface area contributed by atoms with Crippen LogP contribution in [0.2, 0.25) is 0 Å². The zero-order valence-electron chi connectivity index (χ0n) is 11.3. The Kier molecular flexibility index (Phi) is 5.59. The summed E-state index contributed by atoms with van der Waals surface area (Å²) in [6, 6.07) is 0.253. The van der Waals surface area contributed by atoms with Crippen LogP contribution in [0.4, 0.5) is 4.79 Å². The Morgan fingerprint density at radius 3 is 2.94 bits per heavy atom. The first-order chi connectivity index (χ1) is 8.00. The Hall–Kier alpha value is -0.420. The Labute approximate surface area is 108 Å². The quantitative estimate of drug-likeness (QED) is 0.840. The number of amides is 2. The van der Waals surface area contributed by atoms with Crippen LogP contribution < -0.4 is 5.32 Å². The highest BCUT2D eigenvalue weighted by Crippen LogP contribution is 2.20. The van der Waals surface area contributed by atoms with E-state index in [1.54, 1.807) is 11.8 Å². The van der Waals surface area contributed by atoms with Crippen molar-refractivity contribution >= 4 is 17.8 Å². The van der Waals surface area contributed by atoms with Gasteiger partial charge in [0.15, 0.2) is 0 Å². The highest BCUT2D eigenvalue weighted by atomic mass is 32.2. The molecule has 100 valence electrons. The van der Waals surface area contributed by atoms with Crippen LogP contribution in [0, 0.1) is 0 Å². The number of morpholine rings is 1. The fourth-order valence-corrected chi connectivity index (χ4v) is 2.49. The second-order valence-corrected chi connectivity index (χ2v) is 5.79. The van der Waals surface area contributed by atoms with E-state index in [0.29, 0.717) is 19.7 Å². The van der Waals surface area contributed by atoms with E-state index in [1.165, 1.54) is 0 Å². The summed E-state index contributed by atoms with van der Waals surface area (Å²) >= 11 is 1.74. The van der Waals surface area contributed by atoms with E-state index in [2.05, 4.69) is 19.2 Å². The lowest BCUT2D eigenvalue weighted by Crippen LogP contribution is -2.55. The minimum Gasteiger partial charge on any atom is -0.372 e. The molecule has 2 atom stereocenters. The van der Waals surface area contributed by atoms with Crippen molar-refractivity contribution in [3.63, 3.8) is 0 Å². The van der Waals surface area contributed by atoms with Crippen molar-refractivity contribution in [1.82, 2.24) is 10.2 Å². The molecular weight excluding hydrogens is 236 g/mol. The van der Waals surface area contributed by atoms with Crippen LogP contribution in [0.5, 0.6) is 0 Å². The van der Waals surface area contributed by atoms with Crippen molar-refractivity contribution in [3.8, 4) is 0 Å². The van der Waals surface area contributed by atoms with Crippen molar-refractivity contribution < 1.29 is 9.53 Å². The normalized spacial score (nSPS) is 26.7. The molecular formula is C12H24N2O2S. The third-order valence-corrected chi connectivity index (χ3v) is 3.99. The van der Waals surface area contributed by atoms with Gasteiger partial charge in [-0.1, -0.05) is 6.92 Å². The summed E-state index contributed by atoms with van der Waals surface area (Å²) in [7, 11) is 0. The molecule has 0 aromatic heterocycles. The zero-order valence-corrected chi connectivity index (χ0v) is 12.1. The molecule has 1 heterocycles. The number of nitrogens with zero attached hydrogens (tertiary/aromatic N) is 1. The van der Waals surface area contributed by atoms with E-state index in [1.807, 2.05) is 18.1 Å². The maximum atomic E-state index is 12.0. The van der Waals surface area contributed by atoms with Crippen LogP contribution in [-0.2, 0) is 4.74 Å². The van der Waals surface area contributed by atoms with E-state index < -0.39 is 0 Å². The average molecular weight is 260 g/mol. The van der Waals surface area contributed by atoms with E-state index in [0.717, 1.165) is 12.2 Å². The van der Waals surface area contributed by atoms with E-state index in [4.69, 9.17) is 4.74 Å². The average Bonchev–Trinajstić information content (AvgIpc) is 2.29. The van der Waals surface area contributed by atoms with Gasteiger partial charge in [-0.05, 0) is 26.5 Å². The second kappa shape index (κ2) is 6.50. The highest BCUT2D eigenvalue weighted by Gasteiger charge is 2.32. The molecule has 1 aliphatic heterocycles. The number of nitrogens with one attached hydrogen (secondary N) is 1. The number of ether oxygens (including phenoxy) is 1. The van der Waals surface area contributed by atoms with Crippen LogP contribution in [0.15, 0.2) is 0 Å². The summed E-state index contributed by atoms with van der Waals surface area (Å²) in [6.07, 6.45) is 2.97. The smallest absolute Gasteiger partial charge is 0.317 e. The lowest BCUT2D eigenvalue weighted by atomic mass is 10.0. The van der Waals surface area contributed by atoms with Gasteiger partial charge in [0, 0.05) is 18.3 Å². The maximum absolute atomic E-state index is 12.0. The summed E-state index contributed by atoms with van der Waals surface area (Å²) < 4.78 is 5.72. The summed E-state index contributed by atoms with van der Waals surface area (Å²) in [6.45, 7) is 8.20. The minimum atomic E-state index is -0.182. The van der Waals surface area contributed by atoms with Gasteiger partial charge in [0.1, 0.15) is 0 Å². The lowest BCUT2D eigenvalue weighted by molar-refractivity contribution is -0.0873. The van der Waals surface area contributed by atoms with Gasteiger partial charge in [0.25, 0.3) is 0 Å². The van der Waals surface area contributed by atoms with Crippen molar-refractivity contribution in [2.45, 2.75) is 38.8 Å². The topological polar surface area (TPSA) is 41.6 Å². The third kappa shape index (κ3) is 4.39. The summed E-state index contributed by atoms with van der Waals surface area (Å²) in [4.78, 5) is 13.9. The Bertz CT molecular complexity index is 263. The van der Waals surface area contributed by atoms with Gasteiger partial charge in [0.2, 0.25) is 0 Å². The fraction of sp³-hybridized carbons (Fsp3) is 0.917. The summed E-state index contributed by atoms with van der Waals surface area (Å²) in [5, 5.41) is 3.02. The van der Waals surface area contributed by atoms with Crippen molar-refractivity contribution in [3.05, 3.63) is 0 Å². The Balaban J connectivity index is 2.46. The fourth-order valence-electron chi connectivity index (χ4n) is 1.91. The highest BCUT2D eigenvalue weighted by molar-refractivity contribution is 7.98. The summed E-state index contributed by atoms with van der Waals surface area (Å²) in [5.41, 5.74) is -0.182. The van der Waals surface area contributed by atoms with Gasteiger partial charge in [-0.25, -0.2) is 4.79 Å². The van der Waals surface area contributed by atoms with Crippen molar-refractivity contribution in [1.29, 1.82) is 0 Å². The van der Waals surface area contributed by atoms with Crippen LogP contribution in [-0.4, -0.2) is 54.3 Å². The molecule has 4 nitrogen and oxygen atoms in total. The molecule has 0 unspecified atom stereocenters.